The van der Waals surface area contributed by atoms with Crippen LogP contribution in [0.4, 0.5) is 0 Å². The monoisotopic (exact) mass is 929 g/mol. The first-order valence-corrected chi connectivity index (χ1v) is 27.4. The molecule has 0 aliphatic heterocycles. The molecule has 0 saturated carbocycles. The molecule has 0 aliphatic rings. The maximum Gasteiger partial charge on any atom is 0.306 e. The van der Waals surface area contributed by atoms with E-state index in [4.69, 9.17) is 14.2 Å². The molecule has 1 atom stereocenters. The summed E-state index contributed by atoms with van der Waals surface area (Å²) in [6.07, 6.45) is 73.5. The van der Waals surface area contributed by atoms with Crippen molar-refractivity contribution < 1.29 is 28.6 Å². The highest BCUT2D eigenvalue weighted by molar-refractivity contribution is 5.71. The van der Waals surface area contributed by atoms with E-state index in [2.05, 4.69) is 130 Å². The van der Waals surface area contributed by atoms with E-state index in [-0.39, 0.29) is 37.5 Å². The number of rotatable bonds is 48. The molecule has 0 N–H and O–H groups in total. The average Bonchev–Trinajstić information content (AvgIpc) is 3.33. The van der Waals surface area contributed by atoms with Gasteiger partial charge >= 0.3 is 17.9 Å². The molecule has 0 aromatic rings. The molecule has 0 aromatic carbocycles. The van der Waals surface area contributed by atoms with Crippen LogP contribution in [0.15, 0.2) is 109 Å². The zero-order valence-electron chi connectivity index (χ0n) is 43.4. The Bertz CT molecular complexity index is 1390. The lowest BCUT2D eigenvalue weighted by Gasteiger charge is -2.18. The fourth-order valence-electron chi connectivity index (χ4n) is 7.12. The third-order valence-electron chi connectivity index (χ3n) is 11.2. The Labute approximate surface area is 412 Å². The van der Waals surface area contributed by atoms with E-state index in [0.29, 0.717) is 12.8 Å². The van der Waals surface area contributed by atoms with Gasteiger partial charge in [-0.05, 0) is 128 Å². The van der Waals surface area contributed by atoms with E-state index in [9.17, 15) is 14.4 Å². The number of esters is 3. The molecule has 0 aromatic heterocycles. The van der Waals surface area contributed by atoms with Gasteiger partial charge in [0.05, 0.1) is 0 Å². The maximum atomic E-state index is 12.8. The lowest BCUT2D eigenvalue weighted by molar-refractivity contribution is -0.167. The van der Waals surface area contributed by atoms with Gasteiger partial charge < -0.3 is 14.2 Å². The van der Waals surface area contributed by atoms with Crippen LogP contribution < -0.4 is 0 Å². The normalized spacial score (nSPS) is 12.9. The molecule has 0 unspecified atom stereocenters. The molecule has 0 aliphatic carbocycles. The fraction of sp³-hybridized carbons (Fsp3) is 0.656. The first-order chi connectivity index (χ1) is 33.0. The predicted molar refractivity (Wildman–Crippen MR) is 288 cm³/mol. The van der Waals surface area contributed by atoms with E-state index in [0.717, 1.165) is 122 Å². The molecule has 0 bridgehead atoms. The number of carbonyl (C=O) groups is 3. The topological polar surface area (TPSA) is 78.9 Å². The number of carbonyl (C=O) groups excluding carboxylic acids is 3. The molecule has 6 heteroatoms. The highest BCUT2D eigenvalue weighted by atomic mass is 16.6. The summed E-state index contributed by atoms with van der Waals surface area (Å²) in [7, 11) is 0. The largest absolute Gasteiger partial charge is 0.462 e. The molecule has 0 fully saturated rings. The van der Waals surface area contributed by atoms with Crippen molar-refractivity contribution in [3.63, 3.8) is 0 Å². The number of hydrogen-bond acceptors (Lipinski definition) is 6. The van der Waals surface area contributed by atoms with Crippen LogP contribution >= 0.6 is 0 Å². The molecule has 0 radical (unpaired) electrons. The van der Waals surface area contributed by atoms with Crippen LogP contribution in [0, 0.1) is 0 Å². The molecular weight excluding hydrogens is 829 g/mol. The summed E-state index contributed by atoms with van der Waals surface area (Å²) in [5, 5.41) is 0. The third kappa shape index (κ3) is 52.9. The van der Waals surface area contributed by atoms with Crippen LogP contribution in [0.3, 0.4) is 0 Å². The zero-order chi connectivity index (χ0) is 48.6. The van der Waals surface area contributed by atoms with Gasteiger partial charge in [0.1, 0.15) is 13.2 Å². The van der Waals surface area contributed by atoms with E-state index < -0.39 is 6.10 Å². The fourth-order valence-corrected chi connectivity index (χ4v) is 7.12. The highest BCUT2D eigenvalue weighted by Gasteiger charge is 2.19. The smallest absolute Gasteiger partial charge is 0.306 e. The summed E-state index contributed by atoms with van der Waals surface area (Å²) >= 11 is 0. The number of hydrogen-bond donors (Lipinski definition) is 0. The maximum absolute atomic E-state index is 12.8. The molecule has 0 spiro atoms. The van der Waals surface area contributed by atoms with Crippen molar-refractivity contribution in [2.45, 2.75) is 245 Å². The van der Waals surface area contributed by atoms with Gasteiger partial charge in [0, 0.05) is 19.3 Å². The molecule has 67 heavy (non-hydrogen) atoms. The molecular formula is C61H100O6. The summed E-state index contributed by atoms with van der Waals surface area (Å²) in [5.41, 5.74) is 0. The quantitative estimate of drug-likeness (QED) is 0.0262. The Morgan fingerprint density at radius 2 is 0.582 bits per heavy atom. The second-order valence-corrected chi connectivity index (χ2v) is 17.7. The van der Waals surface area contributed by atoms with Crippen LogP contribution in [0.25, 0.3) is 0 Å². The van der Waals surface area contributed by atoms with E-state index in [1.54, 1.807) is 0 Å². The first kappa shape index (κ1) is 63.1. The molecule has 380 valence electrons. The molecule has 6 nitrogen and oxygen atoms in total. The second kappa shape index (κ2) is 54.7. The van der Waals surface area contributed by atoms with Gasteiger partial charge in [-0.3, -0.25) is 14.4 Å². The van der Waals surface area contributed by atoms with Crippen molar-refractivity contribution in [3.8, 4) is 0 Å². The summed E-state index contributed by atoms with van der Waals surface area (Å²) in [5.74, 6) is -0.980. The summed E-state index contributed by atoms with van der Waals surface area (Å²) in [6.45, 7) is 6.40. The highest BCUT2D eigenvalue weighted by Crippen LogP contribution is 2.13. The van der Waals surface area contributed by atoms with Crippen LogP contribution in [0.5, 0.6) is 0 Å². The van der Waals surface area contributed by atoms with Gasteiger partial charge in [0.2, 0.25) is 0 Å². The van der Waals surface area contributed by atoms with Gasteiger partial charge in [0.25, 0.3) is 0 Å². The lowest BCUT2D eigenvalue weighted by Crippen LogP contribution is -2.30. The molecule has 0 saturated heterocycles. The van der Waals surface area contributed by atoms with E-state index >= 15 is 0 Å². The standard InChI is InChI=1S/C61H100O6/c1-4-7-10-13-16-19-22-25-28-30-33-36-39-42-45-48-51-54-60(63)66-57-58(56-65-59(62)53-50-47-44-41-38-35-32-27-24-21-18-15-12-9-6-3)67-61(64)55-52-49-46-43-40-37-34-31-29-26-23-20-17-14-11-8-5-2/h8,11,16-21,25-29,32,34,37-38,41,58H,4-7,9-10,12-15,22-24,30-31,33,35-36,39-40,42-57H2,1-3H3/b11-8-,19-16-,20-17-,21-18-,28-25-,29-26-,32-27-,37-34-,41-38-/t58-/m0/s1. The number of allylic oxidation sites excluding steroid dienone is 18. The van der Waals surface area contributed by atoms with Crippen LogP contribution in [-0.2, 0) is 28.6 Å². The Morgan fingerprint density at radius 3 is 0.940 bits per heavy atom. The van der Waals surface area contributed by atoms with E-state index in [1.807, 2.05) is 0 Å². The van der Waals surface area contributed by atoms with Gasteiger partial charge in [-0.1, -0.05) is 201 Å². The SMILES string of the molecule is CC/C=C\C/C=C\C/C=C\C/C=C\CCCCCCC(=O)O[C@@H](COC(=O)CCCC/C=C\C/C=C\C/C=C\CCCCC)COC(=O)CCCCCCCCC/C=C\C/C=C\CCCCC. The predicted octanol–water partition coefficient (Wildman–Crippen LogP) is 18.3. The Morgan fingerprint density at radius 1 is 0.313 bits per heavy atom. The van der Waals surface area contributed by atoms with Gasteiger partial charge in [-0.2, -0.15) is 0 Å². The Balaban J connectivity index is 4.52. The Hall–Kier alpha value is -3.93. The van der Waals surface area contributed by atoms with Crippen molar-refractivity contribution in [2.24, 2.45) is 0 Å². The minimum atomic E-state index is -0.812. The average molecular weight is 929 g/mol. The van der Waals surface area contributed by atoms with Crippen molar-refractivity contribution in [2.75, 3.05) is 13.2 Å². The second-order valence-electron chi connectivity index (χ2n) is 17.7. The van der Waals surface area contributed by atoms with Crippen LogP contribution in [0.2, 0.25) is 0 Å². The Kier molecular flexibility index (Phi) is 51.5. The van der Waals surface area contributed by atoms with Gasteiger partial charge in [0.15, 0.2) is 6.10 Å². The first-order valence-electron chi connectivity index (χ1n) is 27.4. The molecule has 0 heterocycles. The zero-order valence-corrected chi connectivity index (χ0v) is 43.4. The van der Waals surface area contributed by atoms with Gasteiger partial charge in [-0.25, -0.2) is 0 Å². The summed E-state index contributed by atoms with van der Waals surface area (Å²) in [4.78, 5) is 38.1. The summed E-state index contributed by atoms with van der Waals surface area (Å²) < 4.78 is 16.8. The van der Waals surface area contributed by atoms with Crippen LogP contribution in [0.1, 0.15) is 239 Å². The van der Waals surface area contributed by atoms with Crippen molar-refractivity contribution in [1.82, 2.24) is 0 Å². The minimum absolute atomic E-state index is 0.106. The van der Waals surface area contributed by atoms with Crippen molar-refractivity contribution in [1.29, 1.82) is 0 Å². The van der Waals surface area contributed by atoms with Crippen LogP contribution in [-0.4, -0.2) is 37.2 Å². The minimum Gasteiger partial charge on any atom is -0.462 e. The number of unbranched alkanes of at least 4 members (excludes halogenated alkanes) is 19. The third-order valence-corrected chi connectivity index (χ3v) is 11.2. The lowest BCUT2D eigenvalue weighted by atomic mass is 10.1. The van der Waals surface area contributed by atoms with Crippen molar-refractivity contribution in [3.05, 3.63) is 109 Å². The van der Waals surface area contributed by atoms with E-state index in [1.165, 1.54) is 77.0 Å². The van der Waals surface area contributed by atoms with Gasteiger partial charge in [-0.15, -0.1) is 0 Å². The summed E-state index contributed by atoms with van der Waals surface area (Å²) in [6, 6.07) is 0. The molecule has 0 amide bonds. The van der Waals surface area contributed by atoms with Crippen molar-refractivity contribution >= 4 is 17.9 Å². The number of ether oxygens (including phenoxy) is 3. The molecule has 0 rings (SSSR count).